The molecular weight excluding hydrogens is 220 g/mol. The normalized spacial score (nSPS) is 18.6. The lowest BCUT2D eigenvalue weighted by atomic mass is 10.2. The molecule has 0 aromatic carbocycles. The molecule has 1 rings (SSSR count). The SMILES string of the molecule is COCC(O)CN(C)CC(=O)NC1CCCC1. The number of nitrogens with one attached hydrogen (secondary N) is 1. The number of aliphatic hydroxyl groups is 1. The average Bonchev–Trinajstić information content (AvgIpc) is 2.69. The van der Waals surface area contributed by atoms with Crippen molar-refractivity contribution in [1.82, 2.24) is 10.2 Å². The van der Waals surface area contributed by atoms with Gasteiger partial charge in [-0.05, 0) is 19.9 Å². The average molecular weight is 244 g/mol. The first-order chi connectivity index (χ1) is 8.11. The topological polar surface area (TPSA) is 61.8 Å². The molecule has 1 unspecified atom stereocenters. The summed E-state index contributed by atoms with van der Waals surface area (Å²) in [5, 5.41) is 12.5. The molecule has 100 valence electrons. The number of likely N-dealkylation sites (N-methyl/N-ethyl adjacent to an activating group) is 1. The number of nitrogens with zero attached hydrogens (tertiary/aromatic N) is 1. The van der Waals surface area contributed by atoms with Gasteiger partial charge in [0, 0.05) is 19.7 Å². The Hall–Kier alpha value is -0.650. The van der Waals surface area contributed by atoms with E-state index < -0.39 is 6.10 Å². The molecule has 1 aliphatic rings. The van der Waals surface area contributed by atoms with Crippen LogP contribution >= 0.6 is 0 Å². The largest absolute Gasteiger partial charge is 0.389 e. The van der Waals surface area contributed by atoms with Crippen LogP contribution < -0.4 is 5.32 Å². The molecule has 1 saturated carbocycles. The fraction of sp³-hybridized carbons (Fsp3) is 0.917. The van der Waals surface area contributed by atoms with Crippen LogP contribution in [-0.2, 0) is 9.53 Å². The lowest BCUT2D eigenvalue weighted by Gasteiger charge is -2.20. The molecule has 1 aliphatic carbocycles. The highest BCUT2D eigenvalue weighted by Crippen LogP contribution is 2.17. The summed E-state index contributed by atoms with van der Waals surface area (Å²) >= 11 is 0. The Morgan fingerprint density at radius 1 is 1.53 bits per heavy atom. The second-order valence-electron chi connectivity index (χ2n) is 4.85. The molecular formula is C12H24N2O3. The van der Waals surface area contributed by atoms with Crippen LogP contribution in [0, 0.1) is 0 Å². The van der Waals surface area contributed by atoms with E-state index in [1.165, 1.54) is 12.8 Å². The van der Waals surface area contributed by atoms with E-state index in [0.717, 1.165) is 12.8 Å². The van der Waals surface area contributed by atoms with Crippen LogP contribution in [0.4, 0.5) is 0 Å². The van der Waals surface area contributed by atoms with Gasteiger partial charge in [0.05, 0.1) is 19.3 Å². The fourth-order valence-corrected chi connectivity index (χ4v) is 2.26. The van der Waals surface area contributed by atoms with Gasteiger partial charge in [-0.25, -0.2) is 0 Å². The molecule has 1 fully saturated rings. The molecule has 5 nitrogen and oxygen atoms in total. The van der Waals surface area contributed by atoms with E-state index in [1.807, 2.05) is 11.9 Å². The van der Waals surface area contributed by atoms with E-state index in [0.29, 0.717) is 25.7 Å². The summed E-state index contributed by atoms with van der Waals surface area (Å²) in [5.74, 6) is 0.0454. The summed E-state index contributed by atoms with van der Waals surface area (Å²) in [4.78, 5) is 13.5. The molecule has 0 aliphatic heterocycles. The van der Waals surface area contributed by atoms with Crippen molar-refractivity contribution in [3.63, 3.8) is 0 Å². The zero-order valence-electron chi connectivity index (χ0n) is 10.8. The third kappa shape index (κ3) is 6.00. The number of methoxy groups -OCH3 is 1. The van der Waals surface area contributed by atoms with Crippen molar-refractivity contribution < 1.29 is 14.6 Å². The molecule has 0 spiro atoms. The van der Waals surface area contributed by atoms with Crippen molar-refractivity contribution in [2.45, 2.75) is 37.8 Å². The van der Waals surface area contributed by atoms with E-state index in [2.05, 4.69) is 5.32 Å². The summed E-state index contributed by atoms with van der Waals surface area (Å²) in [5.41, 5.74) is 0. The molecule has 0 saturated heterocycles. The zero-order valence-corrected chi connectivity index (χ0v) is 10.8. The molecule has 1 atom stereocenters. The first-order valence-electron chi connectivity index (χ1n) is 6.26. The maximum absolute atomic E-state index is 11.7. The van der Waals surface area contributed by atoms with Gasteiger partial charge in [0.15, 0.2) is 0 Å². The number of hydrogen-bond donors (Lipinski definition) is 2. The lowest BCUT2D eigenvalue weighted by Crippen LogP contribution is -2.42. The number of hydrogen-bond acceptors (Lipinski definition) is 4. The van der Waals surface area contributed by atoms with Gasteiger partial charge in [0.2, 0.25) is 5.91 Å². The molecule has 0 aromatic heterocycles. The minimum atomic E-state index is -0.538. The van der Waals surface area contributed by atoms with Gasteiger partial charge < -0.3 is 15.2 Å². The smallest absolute Gasteiger partial charge is 0.234 e. The zero-order chi connectivity index (χ0) is 12.7. The Kier molecular flexibility index (Phi) is 6.47. The quantitative estimate of drug-likeness (QED) is 0.661. The Morgan fingerprint density at radius 3 is 2.76 bits per heavy atom. The van der Waals surface area contributed by atoms with Crippen LogP contribution in [0.15, 0.2) is 0 Å². The van der Waals surface area contributed by atoms with E-state index in [4.69, 9.17) is 4.74 Å². The molecule has 0 bridgehead atoms. The summed E-state index contributed by atoms with van der Waals surface area (Å²) in [6, 6.07) is 0.361. The van der Waals surface area contributed by atoms with E-state index in [9.17, 15) is 9.90 Å². The second-order valence-corrected chi connectivity index (χ2v) is 4.85. The fourth-order valence-electron chi connectivity index (χ4n) is 2.26. The van der Waals surface area contributed by atoms with Crippen molar-refractivity contribution >= 4 is 5.91 Å². The van der Waals surface area contributed by atoms with Gasteiger partial charge in [-0.15, -0.1) is 0 Å². The predicted octanol–water partition coefficient (Wildman–Crippen LogP) is -0.0157. The molecule has 17 heavy (non-hydrogen) atoms. The monoisotopic (exact) mass is 244 g/mol. The summed E-state index contributed by atoms with van der Waals surface area (Å²) in [6.07, 6.45) is 4.09. The van der Waals surface area contributed by atoms with Crippen LogP contribution in [0.3, 0.4) is 0 Å². The molecule has 0 aromatic rings. The minimum Gasteiger partial charge on any atom is -0.389 e. The van der Waals surface area contributed by atoms with Gasteiger partial charge in [-0.2, -0.15) is 0 Å². The number of aliphatic hydroxyl groups excluding tert-OH is 1. The van der Waals surface area contributed by atoms with E-state index in [1.54, 1.807) is 7.11 Å². The van der Waals surface area contributed by atoms with Gasteiger partial charge >= 0.3 is 0 Å². The maximum atomic E-state index is 11.7. The van der Waals surface area contributed by atoms with Gasteiger partial charge in [-0.1, -0.05) is 12.8 Å². The van der Waals surface area contributed by atoms with Gasteiger partial charge in [0.1, 0.15) is 0 Å². The highest BCUT2D eigenvalue weighted by molar-refractivity contribution is 5.78. The van der Waals surface area contributed by atoms with Gasteiger partial charge in [-0.3, -0.25) is 9.69 Å². The Morgan fingerprint density at radius 2 is 2.18 bits per heavy atom. The van der Waals surface area contributed by atoms with Crippen LogP contribution in [0.2, 0.25) is 0 Å². The van der Waals surface area contributed by atoms with Crippen molar-refractivity contribution in [3.05, 3.63) is 0 Å². The van der Waals surface area contributed by atoms with Gasteiger partial charge in [0.25, 0.3) is 0 Å². The lowest BCUT2D eigenvalue weighted by molar-refractivity contribution is -0.123. The predicted molar refractivity (Wildman–Crippen MR) is 65.8 cm³/mol. The third-order valence-corrected chi connectivity index (χ3v) is 3.02. The first kappa shape index (κ1) is 14.4. The third-order valence-electron chi connectivity index (χ3n) is 3.02. The Balaban J connectivity index is 2.15. The maximum Gasteiger partial charge on any atom is 0.234 e. The first-order valence-corrected chi connectivity index (χ1v) is 6.26. The second kappa shape index (κ2) is 7.63. The van der Waals surface area contributed by atoms with Crippen LogP contribution in [0.25, 0.3) is 0 Å². The number of rotatable bonds is 7. The van der Waals surface area contributed by atoms with E-state index >= 15 is 0 Å². The van der Waals surface area contributed by atoms with E-state index in [-0.39, 0.29) is 5.91 Å². The summed E-state index contributed by atoms with van der Waals surface area (Å²) < 4.78 is 4.84. The van der Waals surface area contributed by atoms with Crippen molar-refractivity contribution in [1.29, 1.82) is 0 Å². The standard InChI is InChI=1S/C12H24N2O3/c1-14(7-11(15)9-17-2)8-12(16)13-10-5-3-4-6-10/h10-11,15H,3-9H2,1-2H3,(H,13,16). The number of carbonyl (C=O) groups excluding carboxylic acids is 1. The minimum absolute atomic E-state index is 0.0454. The molecule has 0 heterocycles. The highest BCUT2D eigenvalue weighted by Gasteiger charge is 2.18. The number of carbonyl (C=O) groups is 1. The van der Waals surface area contributed by atoms with Crippen LogP contribution in [-0.4, -0.2) is 61.9 Å². The Labute approximate surface area is 103 Å². The molecule has 2 N–H and O–H groups in total. The summed E-state index contributed by atoms with van der Waals surface area (Å²) in [6.45, 7) is 1.08. The highest BCUT2D eigenvalue weighted by atomic mass is 16.5. The van der Waals surface area contributed by atoms with Crippen molar-refractivity contribution in [2.75, 3.05) is 33.9 Å². The molecule has 0 radical (unpaired) electrons. The molecule has 1 amide bonds. The van der Waals surface area contributed by atoms with Crippen LogP contribution in [0.5, 0.6) is 0 Å². The molecule has 5 heteroatoms. The van der Waals surface area contributed by atoms with Crippen molar-refractivity contribution in [2.24, 2.45) is 0 Å². The van der Waals surface area contributed by atoms with Crippen molar-refractivity contribution in [3.8, 4) is 0 Å². The summed E-state index contributed by atoms with van der Waals surface area (Å²) in [7, 11) is 3.38. The Bertz CT molecular complexity index is 230. The van der Waals surface area contributed by atoms with Crippen LogP contribution in [0.1, 0.15) is 25.7 Å². The number of amides is 1. The number of ether oxygens (including phenoxy) is 1.